The van der Waals surface area contributed by atoms with Gasteiger partial charge < -0.3 is 19.9 Å². The Morgan fingerprint density at radius 3 is 3.05 bits per heavy atom. The number of ether oxygens (including phenoxy) is 2. The molecule has 1 aliphatic heterocycles. The van der Waals surface area contributed by atoms with E-state index >= 15 is 0 Å². The Balaban J connectivity index is 1.89. The topological polar surface area (TPSA) is 67.8 Å². The van der Waals surface area contributed by atoms with Crippen LogP contribution in [0.1, 0.15) is 12.0 Å². The van der Waals surface area contributed by atoms with Crippen LogP contribution in [0.3, 0.4) is 0 Å². The van der Waals surface area contributed by atoms with Crippen molar-refractivity contribution in [1.29, 1.82) is 0 Å². The van der Waals surface area contributed by atoms with Crippen LogP contribution in [-0.4, -0.2) is 49.6 Å². The fourth-order valence-corrected chi connectivity index (χ4v) is 2.52. The molecular weight excluding hydrogens is 294 g/mol. The zero-order chi connectivity index (χ0) is 15.1. The van der Waals surface area contributed by atoms with Crippen LogP contribution in [0, 0.1) is 0 Å². The van der Waals surface area contributed by atoms with Gasteiger partial charge in [-0.2, -0.15) is 0 Å². The van der Waals surface area contributed by atoms with E-state index < -0.39 is 0 Å². The summed E-state index contributed by atoms with van der Waals surface area (Å²) in [4.78, 5) is 12.1. The lowest BCUT2D eigenvalue weighted by Crippen LogP contribution is -2.50. The summed E-state index contributed by atoms with van der Waals surface area (Å²) in [5.74, 6) is -0.0902. The Hall–Kier alpha value is -1.14. The van der Waals surface area contributed by atoms with E-state index in [0.717, 1.165) is 5.56 Å². The standard InChI is InChI=1S/C15H20ClNO4/c16-12-4-2-1-3-11(12)9-15(19)17-13-5-7-20-10-14(13)21-8-6-18/h1-4,13-14,18H,5-10H2,(H,17,19)/t13-,14-/m1/s1. The van der Waals surface area contributed by atoms with Gasteiger partial charge in [-0.1, -0.05) is 29.8 Å². The van der Waals surface area contributed by atoms with Gasteiger partial charge in [0, 0.05) is 11.6 Å². The molecule has 6 heteroatoms. The molecule has 1 aliphatic rings. The second-order valence-corrected chi connectivity index (χ2v) is 5.35. The van der Waals surface area contributed by atoms with Crippen LogP contribution >= 0.6 is 11.6 Å². The minimum absolute atomic E-state index is 0.0449. The Morgan fingerprint density at radius 2 is 2.29 bits per heavy atom. The zero-order valence-corrected chi connectivity index (χ0v) is 12.5. The van der Waals surface area contributed by atoms with Gasteiger partial charge >= 0.3 is 0 Å². The predicted octanol–water partition coefficient (Wildman–Crippen LogP) is 1.17. The third-order valence-corrected chi connectivity index (χ3v) is 3.75. The van der Waals surface area contributed by atoms with E-state index in [1.54, 1.807) is 6.07 Å². The summed E-state index contributed by atoms with van der Waals surface area (Å²) in [6.45, 7) is 1.22. The van der Waals surface area contributed by atoms with Gasteiger partial charge in [-0.3, -0.25) is 4.79 Å². The van der Waals surface area contributed by atoms with Crippen LogP contribution in [-0.2, 0) is 20.7 Å². The average Bonchev–Trinajstić information content (AvgIpc) is 2.49. The monoisotopic (exact) mass is 313 g/mol. The van der Waals surface area contributed by atoms with E-state index in [1.807, 2.05) is 18.2 Å². The fraction of sp³-hybridized carbons (Fsp3) is 0.533. The summed E-state index contributed by atoms with van der Waals surface area (Å²) >= 11 is 6.06. The first-order valence-corrected chi connectivity index (χ1v) is 7.41. The summed E-state index contributed by atoms with van der Waals surface area (Å²) < 4.78 is 10.9. The number of aliphatic hydroxyl groups excluding tert-OH is 1. The molecule has 1 saturated heterocycles. The Labute approximate surface area is 129 Å². The number of hydrogen-bond donors (Lipinski definition) is 2. The molecule has 0 unspecified atom stereocenters. The summed E-state index contributed by atoms with van der Waals surface area (Å²) in [6.07, 6.45) is 0.717. The van der Waals surface area contributed by atoms with Gasteiger partial charge in [0.05, 0.1) is 32.3 Å². The first-order chi connectivity index (χ1) is 10.2. The molecule has 2 rings (SSSR count). The molecule has 5 nitrogen and oxygen atoms in total. The molecule has 2 N–H and O–H groups in total. The van der Waals surface area contributed by atoms with Crippen LogP contribution in [0.15, 0.2) is 24.3 Å². The number of carbonyl (C=O) groups excluding carboxylic acids is 1. The van der Waals surface area contributed by atoms with E-state index in [2.05, 4.69) is 5.32 Å². The molecule has 0 aromatic heterocycles. The number of halogens is 1. The van der Waals surface area contributed by atoms with Crippen molar-refractivity contribution >= 4 is 17.5 Å². The third-order valence-electron chi connectivity index (χ3n) is 3.38. The van der Waals surface area contributed by atoms with E-state index in [9.17, 15) is 4.79 Å². The van der Waals surface area contributed by atoms with Gasteiger partial charge in [0.2, 0.25) is 5.91 Å². The molecule has 116 valence electrons. The molecule has 1 amide bonds. The van der Waals surface area contributed by atoms with Crippen molar-refractivity contribution in [3.63, 3.8) is 0 Å². The van der Waals surface area contributed by atoms with Crippen LogP contribution in [0.5, 0.6) is 0 Å². The quantitative estimate of drug-likeness (QED) is 0.827. The molecule has 0 radical (unpaired) electrons. The zero-order valence-electron chi connectivity index (χ0n) is 11.8. The number of carbonyl (C=O) groups is 1. The second-order valence-electron chi connectivity index (χ2n) is 4.94. The van der Waals surface area contributed by atoms with Crippen LogP contribution in [0.4, 0.5) is 0 Å². The normalized spacial score (nSPS) is 22.0. The lowest BCUT2D eigenvalue weighted by molar-refractivity contribution is -0.125. The van der Waals surface area contributed by atoms with E-state index in [-0.39, 0.29) is 37.7 Å². The molecule has 2 atom stereocenters. The van der Waals surface area contributed by atoms with Crippen molar-refractivity contribution in [3.05, 3.63) is 34.9 Å². The first kappa shape index (κ1) is 16.2. The first-order valence-electron chi connectivity index (χ1n) is 7.03. The van der Waals surface area contributed by atoms with Gasteiger partial charge in [0.1, 0.15) is 6.10 Å². The summed E-state index contributed by atoms with van der Waals surface area (Å²) in [5, 5.41) is 12.4. The molecule has 0 spiro atoms. The predicted molar refractivity (Wildman–Crippen MR) is 79.3 cm³/mol. The Bertz CT molecular complexity index is 469. The molecule has 1 aromatic rings. The maximum absolute atomic E-state index is 12.1. The molecule has 0 aliphatic carbocycles. The number of amides is 1. The fourth-order valence-electron chi connectivity index (χ4n) is 2.32. The molecule has 1 aromatic carbocycles. The minimum atomic E-state index is -0.221. The lowest BCUT2D eigenvalue weighted by atomic mass is 10.0. The lowest BCUT2D eigenvalue weighted by Gasteiger charge is -2.32. The van der Waals surface area contributed by atoms with E-state index in [1.165, 1.54) is 0 Å². The maximum Gasteiger partial charge on any atom is 0.224 e. The molecular formula is C15H20ClNO4. The van der Waals surface area contributed by atoms with Gasteiger partial charge in [-0.15, -0.1) is 0 Å². The number of benzene rings is 1. The number of rotatable bonds is 6. The van der Waals surface area contributed by atoms with Gasteiger partial charge in [-0.25, -0.2) is 0 Å². The SMILES string of the molecule is O=C(Cc1ccccc1Cl)N[C@@H]1CCOC[C@H]1OCCO. The van der Waals surface area contributed by atoms with Crippen molar-refractivity contribution in [2.45, 2.75) is 25.0 Å². The van der Waals surface area contributed by atoms with Crippen molar-refractivity contribution in [2.75, 3.05) is 26.4 Å². The smallest absolute Gasteiger partial charge is 0.224 e. The molecule has 1 fully saturated rings. The highest BCUT2D eigenvalue weighted by Crippen LogP contribution is 2.16. The maximum atomic E-state index is 12.1. The molecule has 1 heterocycles. The Kier molecular flexibility index (Phi) is 6.45. The summed E-state index contributed by atoms with van der Waals surface area (Å²) in [7, 11) is 0. The van der Waals surface area contributed by atoms with Gasteiger partial charge in [-0.05, 0) is 18.1 Å². The molecule has 21 heavy (non-hydrogen) atoms. The van der Waals surface area contributed by atoms with E-state index in [4.69, 9.17) is 26.2 Å². The van der Waals surface area contributed by atoms with Crippen LogP contribution in [0.25, 0.3) is 0 Å². The summed E-state index contributed by atoms with van der Waals surface area (Å²) in [5.41, 5.74) is 0.802. The highest BCUT2D eigenvalue weighted by molar-refractivity contribution is 6.31. The minimum Gasteiger partial charge on any atom is -0.394 e. The average molecular weight is 314 g/mol. The van der Waals surface area contributed by atoms with Crippen molar-refractivity contribution in [2.24, 2.45) is 0 Å². The number of aliphatic hydroxyl groups is 1. The third kappa shape index (κ3) is 4.97. The highest BCUT2D eigenvalue weighted by atomic mass is 35.5. The largest absolute Gasteiger partial charge is 0.394 e. The van der Waals surface area contributed by atoms with Gasteiger partial charge in [0.15, 0.2) is 0 Å². The summed E-state index contributed by atoms with van der Waals surface area (Å²) in [6, 6.07) is 7.20. The molecule has 0 saturated carbocycles. The van der Waals surface area contributed by atoms with Crippen molar-refractivity contribution in [3.8, 4) is 0 Å². The Morgan fingerprint density at radius 1 is 1.48 bits per heavy atom. The van der Waals surface area contributed by atoms with E-state index in [0.29, 0.717) is 24.7 Å². The van der Waals surface area contributed by atoms with Crippen molar-refractivity contribution in [1.82, 2.24) is 5.32 Å². The molecule has 0 bridgehead atoms. The second kappa shape index (κ2) is 8.34. The van der Waals surface area contributed by atoms with Crippen molar-refractivity contribution < 1.29 is 19.4 Å². The van der Waals surface area contributed by atoms with Crippen LogP contribution < -0.4 is 5.32 Å². The number of nitrogens with one attached hydrogen (secondary N) is 1. The number of hydrogen-bond acceptors (Lipinski definition) is 4. The van der Waals surface area contributed by atoms with Gasteiger partial charge in [0.25, 0.3) is 0 Å². The highest BCUT2D eigenvalue weighted by Gasteiger charge is 2.27. The van der Waals surface area contributed by atoms with Crippen LogP contribution in [0.2, 0.25) is 5.02 Å².